The molecule has 0 amide bonds. The quantitative estimate of drug-likeness (QED) is 0.241. The molecule has 2 heterocycles. The van der Waals surface area contributed by atoms with E-state index in [1.165, 1.54) is 0 Å². The maximum atomic E-state index is 10.9. The van der Waals surface area contributed by atoms with Crippen LogP contribution in [-0.4, -0.2) is 51.1 Å². The number of pyridine rings is 1. The Bertz CT molecular complexity index is 990. The van der Waals surface area contributed by atoms with E-state index in [-0.39, 0.29) is 6.61 Å². The topological polar surface area (TPSA) is 120 Å². The van der Waals surface area contributed by atoms with Gasteiger partial charge in [0.15, 0.2) is 0 Å². The van der Waals surface area contributed by atoms with Gasteiger partial charge in [-0.3, -0.25) is 4.90 Å². The summed E-state index contributed by atoms with van der Waals surface area (Å²) in [4.78, 5) is 15.2. The van der Waals surface area contributed by atoms with Crippen molar-refractivity contribution in [1.82, 2.24) is 15.0 Å². The van der Waals surface area contributed by atoms with E-state index in [2.05, 4.69) is 15.3 Å². The lowest BCUT2D eigenvalue weighted by Gasteiger charge is -2.28. The van der Waals surface area contributed by atoms with Gasteiger partial charge in [-0.05, 0) is 68.6 Å². The van der Waals surface area contributed by atoms with Crippen LogP contribution in [0.25, 0.3) is 11.3 Å². The van der Waals surface area contributed by atoms with E-state index < -0.39 is 6.23 Å². The summed E-state index contributed by atoms with van der Waals surface area (Å²) in [6, 6.07) is 12.8. The van der Waals surface area contributed by atoms with E-state index in [0.717, 1.165) is 30.8 Å². The molecule has 2 aromatic heterocycles. The average molecular weight is 457 g/mol. The SMILES string of the molecule is NCCCC(O)N(c1cccc(Cl)c1)c1nccc(-c2ccnc(NCCCCO)c2)n1. The molecule has 0 aliphatic rings. The minimum absolute atomic E-state index is 0.180. The summed E-state index contributed by atoms with van der Waals surface area (Å²) in [5, 5.41) is 23.6. The van der Waals surface area contributed by atoms with Gasteiger partial charge in [-0.25, -0.2) is 15.0 Å². The summed E-state index contributed by atoms with van der Waals surface area (Å²) in [7, 11) is 0. The van der Waals surface area contributed by atoms with Gasteiger partial charge in [-0.2, -0.15) is 0 Å². The minimum Gasteiger partial charge on any atom is -0.396 e. The number of hydrogen-bond donors (Lipinski definition) is 4. The number of aliphatic hydroxyl groups excluding tert-OH is 2. The Morgan fingerprint density at radius 1 is 1.06 bits per heavy atom. The zero-order chi connectivity index (χ0) is 22.8. The van der Waals surface area contributed by atoms with Crippen molar-refractivity contribution in [3.8, 4) is 11.3 Å². The third-order valence-corrected chi connectivity index (χ3v) is 5.09. The van der Waals surface area contributed by atoms with E-state index in [0.29, 0.717) is 41.7 Å². The van der Waals surface area contributed by atoms with Crippen LogP contribution < -0.4 is 16.0 Å². The second kappa shape index (κ2) is 12.3. The van der Waals surface area contributed by atoms with Gasteiger partial charge >= 0.3 is 0 Å². The third-order valence-electron chi connectivity index (χ3n) is 4.86. The van der Waals surface area contributed by atoms with Crippen molar-refractivity contribution in [3.63, 3.8) is 0 Å². The molecular weight excluding hydrogens is 428 g/mol. The van der Waals surface area contributed by atoms with Crippen LogP contribution in [0, 0.1) is 0 Å². The van der Waals surface area contributed by atoms with Crippen molar-refractivity contribution in [2.75, 3.05) is 29.9 Å². The molecule has 0 fully saturated rings. The molecule has 9 heteroatoms. The van der Waals surface area contributed by atoms with Crippen LogP contribution in [0.15, 0.2) is 54.9 Å². The number of aliphatic hydroxyl groups is 2. The second-order valence-electron chi connectivity index (χ2n) is 7.29. The predicted octanol–water partition coefficient (Wildman–Crippen LogP) is 3.57. The Morgan fingerprint density at radius 3 is 2.69 bits per heavy atom. The Kier molecular flexibility index (Phi) is 9.18. The molecule has 5 N–H and O–H groups in total. The molecule has 0 aliphatic carbocycles. The molecule has 0 bridgehead atoms. The number of hydrogen-bond acceptors (Lipinski definition) is 8. The number of halogens is 1. The van der Waals surface area contributed by atoms with E-state index in [9.17, 15) is 5.11 Å². The van der Waals surface area contributed by atoms with Crippen LogP contribution in [0.4, 0.5) is 17.5 Å². The molecule has 3 aromatic rings. The summed E-state index contributed by atoms with van der Waals surface area (Å²) in [6.07, 6.45) is 5.26. The number of rotatable bonds is 12. The standard InChI is InChI=1S/C23H29ClN6O2/c24-18-5-3-6-19(16-18)30(22(32)7-4-10-25)23-28-13-9-20(29-23)17-8-12-27-21(15-17)26-11-1-2-14-31/h3,5-6,8-9,12-13,15-16,22,31-32H,1-2,4,7,10-11,14,25H2,(H,26,27). The fourth-order valence-corrected chi connectivity index (χ4v) is 3.43. The molecule has 0 spiro atoms. The first-order valence-corrected chi connectivity index (χ1v) is 11.1. The van der Waals surface area contributed by atoms with Gasteiger partial charge < -0.3 is 21.3 Å². The summed E-state index contributed by atoms with van der Waals surface area (Å²) in [5.41, 5.74) is 7.91. The van der Waals surface area contributed by atoms with Crippen molar-refractivity contribution in [2.24, 2.45) is 5.73 Å². The number of benzene rings is 1. The summed E-state index contributed by atoms with van der Waals surface area (Å²) >= 11 is 6.19. The molecule has 170 valence electrons. The molecule has 1 unspecified atom stereocenters. The number of nitrogens with two attached hydrogens (primary N) is 1. The van der Waals surface area contributed by atoms with Crippen LogP contribution in [0.2, 0.25) is 5.02 Å². The van der Waals surface area contributed by atoms with Crippen LogP contribution in [0.3, 0.4) is 0 Å². The maximum Gasteiger partial charge on any atom is 0.232 e. The fourth-order valence-electron chi connectivity index (χ4n) is 3.24. The van der Waals surface area contributed by atoms with Crippen LogP contribution >= 0.6 is 11.6 Å². The Hall–Kier alpha value is -2.78. The van der Waals surface area contributed by atoms with Crippen molar-refractivity contribution in [2.45, 2.75) is 31.9 Å². The minimum atomic E-state index is -0.853. The van der Waals surface area contributed by atoms with Gasteiger partial charge in [0.2, 0.25) is 5.95 Å². The molecule has 1 atom stereocenters. The largest absolute Gasteiger partial charge is 0.396 e. The van der Waals surface area contributed by atoms with Gasteiger partial charge in [-0.15, -0.1) is 0 Å². The number of unbranched alkanes of at least 4 members (excludes halogenated alkanes) is 1. The molecule has 0 radical (unpaired) electrons. The molecule has 0 saturated carbocycles. The summed E-state index contributed by atoms with van der Waals surface area (Å²) in [5.74, 6) is 1.10. The lowest BCUT2D eigenvalue weighted by Crippen LogP contribution is -2.32. The predicted molar refractivity (Wildman–Crippen MR) is 128 cm³/mol. The molecule has 0 aliphatic heterocycles. The normalized spacial score (nSPS) is 11.9. The van der Waals surface area contributed by atoms with Crippen molar-refractivity contribution in [3.05, 3.63) is 59.9 Å². The molecule has 32 heavy (non-hydrogen) atoms. The first-order chi connectivity index (χ1) is 15.6. The van der Waals surface area contributed by atoms with Gasteiger partial charge in [0.25, 0.3) is 0 Å². The molecule has 8 nitrogen and oxygen atoms in total. The highest BCUT2D eigenvalue weighted by molar-refractivity contribution is 6.30. The van der Waals surface area contributed by atoms with Crippen LogP contribution in [0.1, 0.15) is 25.7 Å². The highest BCUT2D eigenvalue weighted by atomic mass is 35.5. The number of nitrogens with zero attached hydrogens (tertiary/aromatic N) is 4. The first kappa shape index (κ1) is 23.9. The first-order valence-electron chi connectivity index (χ1n) is 10.7. The van der Waals surface area contributed by atoms with Crippen LogP contribution in [-0.2, 0) is 0 Å². The summed E-state index contributed by atoms with van der Waals surface area (Å²) < 4.78 is 0. The van der Waals surface area contributed by atoms with Crippen molar-refractivity contribution >= 4 is 29.1 Å². The zero-order valence-electron chi connectivity index (χ0n) is 17.9. The smallest absolute Gasteiger partial charge is 0.232 e. The van der Waals surface area contributed by atoms with E-state index in [1.54, 1.807) is 29.4 Å². The van der Waals surface area contributed by atoms with E-state index in [4.69, 9.17) is 27.4 Å². The lowest BCUT2D eigenvalue weighted by atomic mass is 10.2. The van der Waals surface area contributed by atoms with Gasteiger partial charge in [-0.1, -0.05) is 17.7 Å². The number of aromatic nitrogens is 3. The van der Waals surface area contributed by atoms with Gasteiger partial charge in [0, 0.05) is 41.8 Å². The molecule has 0 saturated heterocycles. The Morgan fingerprint density at radius 2 is 1.91 bits per heavy atom. The highest BCUT2D eigenvalue weighted by Gasteiger charge is 2.21. The van der Waals surface area contributed by atoms with Crippen LogP contribution in [0.5, 0.6) is 0 Å². The molecule has 1 aromatic carbocycles. The fraction of sp³-hybridized carbons (Fsp3) is 0.348. The van der Waals surface area contributed by atoms with Gasteiger partial charge in [0.1, 0.15) is 12.0 Å². The van der Waals surface area contributed by atoms with E-state index in [1.807, 2.05) is 30.3 Å². The third kappa shape index (κ3) is 6.61. The highest BCUT2D eigenvalue weighted by Crippen LogP contribution is 2.29. The zero-order valence-corrected chi connectivity index (χ0v) is 18.6. The lowest BCUT2D eigenvalue weighted by molar-refractivity contribution is 0.167. The van der Waals surface area contributed by atoms with E-state index >= 15 is 0 Å². The molecular formula is C23H29ClN6O2. The Labute approximate surface area is 193 Å². The monoisotopic (exact) mass is 456 g/mol. The number of nitrogens with one attached hydrogen (secondary N) is 1. The van der Waals surface area contributed by atoms with Crippen molar-refractivity contribution < 1.29 is 10.2 Å². The molecule has 3 rings (SSSR count). The van der Waals surface area contributed by atoms with Gasteiger partial charge in [0.05, 0.1) is 5.69 Å². The maximum absolute atomic E-state index is 10.9. The number of anilines is 3. The Balaban J connectivity index is 1.89. The average Bonchev–Trinajstić information content (AvgIpc) is 2.81. The van der Waals surface area contributed by atoms with Crippen molar-refractivity contribution in [1.29, 1.82) is 0 Å². The summed E-state index contributed by atoms with van der Waals surface area (Å²) in [6.45, 7) is 1.38. The second-order valence-corrected chi connectivity index (χ2v) is 7.73.